The number of hydrogen-bond donors (Lipinski definition) is 1. The van der Waals surface area contributed by atoms with Gasteiger partial charge in [-0.3, -0.25) is 0 Å². The second-order valence-corrected chi connectivity index (χ2v) is 5.49. The SMILES string of the molecule is Cc1ccc(N)c([Se]c2ccccc2)n1. The van der Waals surface area contributed by atoms with Gasteiger partial charge in [-0.2, -0.15) is 0 Å². The molecule has 0 radical (unpaired) electrons. The first-order valence-corrected chi connectivity index (χ1v) is 6.43. The third-order valence-corrected chi connectivity index (χ3v) is 4.14. The molecule has 0 aliphatic rings. The van der Waals surface area contributed by atoms with Gasteiger partial charge in [0.05, 0.1) is 0 Å². The number of anilines is 1. The van der Waals surface area contributed by atoms with E-state index in [9.17, 15) is 0 Å². The first kappa shape index (κ1) is 10.2. The van der Waals surface area contributed by atoms with E-state index >= 15 is 0 Å². The molecule has 76 valence electrons. The van der Waals surface area contributed by atoms with Crippen molar-refractivity contribution in [3.8, 4) is 0 Å². The fourth-order valence-corrected chi connectivity index (χ4v) is 3.10. The van der Waals surface area contributed by atoms with Crippen LogP contribution >= 0.6 is 0 Å². The molecule has 0 saturated carbocycles. The third kappa shape index (κ3) is 2.58. The van der Waals surface area contributed by atoms with Gasteiger partial charge >= 0.3 is 95.5 Å². The Balaban J connectivity index is 2.28. The van der Waals surface area contributed by atoms with Crippen molar-refractivity contribution in [2.45, 2.75) is 6.92 Å². The van der Waals surface area contributed by atoms with E-state index in [0.717, 1.165) is 16.0 Å². The number of nitrogen functional groups attached to an aromatic ring is 1. The number of nitrogens with zero attached hydrogens (tertiary/aromatic N) is 1. The molecule has 2 N–H and O–H groups in total. The molecule has 0 aliphatic heterocycles. The van der Waals surface area contributed by atoms with E-state index in [-0.39, 0.29) is 15.0 Å². The minimum absolute atomic E-state index is 0.206. The Hall–Kier alpha value is -1.31. The number of rotatable bonds is 2. The van der Waals surface area contributed by atoms with Crippen molar-refractivity contribution in [1.29, 1.82) is 0 Å². The molecule has 2 nitrogen and oxygen atoms in total. The Morgan fingerprint density at radius 3 is 2.53 bits per heavy atom. The monoisotopic (exact) mass is 264 g/mol. The predicted molar refractivity (Wildman–Crippen MR) is 64.9 cm³/mol. The van der Waals surface area contributed by atoms with Gasteiger partial charge in [0, 0.05) is 0 Å². The van der Waals surface area contributed by atoms with Crippen LogP contribution in [0.4, 0.5) is 5.69 Å². The van der Waals surface area contributed by atoms with Crippen molar-refractivity contribution in [2.75, 3.05) is 5.73 Å². The molecule has 0 amide bonds. The van der Waals surface area contributed by atoms with Crippen LogP contribution in [0.2, 0.25) is 0 Å². The molecule has 1 aromatic heterocycles. The second kappa shape index (κ2) is 4.47. The summed E-state index contributed by atoms with van der Waals surface area (Å²) in [5.74, 6) is 0. The van der Waals surface area contributed by atoms with Crippen LogP contribution in [0.15, 0.2) is 42.5 Å². The van der Waals surface area contributed by atoms with Gasteiger partial charge in [-0.15, -0.1) is 0 Å². The molecule has 1 heterocycles. The van der Waals surface area contributed by atoms with Crippen molar-refractivity contribution in [3.63, 3.8) is 0 Å². The Bertz CT molecular complexity index is 454. The predicted octanol–water partition coefficient (Wildman–Crippen LogP) is 0.627. The molecule has 3 heteroatoms. The molecule has 15 heavy (non-hydrogen) atoms. The molecule has 0 bridgehead atoms. The van der Waals surface area contributed by atoms with Gasteiger partial charge in [0.2, 0.25) is 0 Å². The average Bonchev–Trinajstić information content (AvgIpc) is 2.25. The van der Waals surface area contributed by atoms with Crippen molar-refractivity contribution in [2.24, 2.45) is 0 Å². The van der Waals surface area contributed by atoms with E-state index in [1.165, 1.54) is 4.46 Å². The standard InChI is InChI=1S/C12H12N2Se/c1-9-7-8-11(13)12(14-9)15-10-5-3-2-4-6-10/h2-8H,13H2,1H3. The number of aryl methyl sites for hydroxylation is 1. The Kier molecular flexibility index (Phi) is 3.05. The summed E-state index contributed by atoms with van der Waals surface area (Å²) in [6.07, 6.45) is 0. The Morgan fingerprint density at radius 1 is 1.07 bits per heavy atom. The van der Waals surface area contributed by atoms with Crippen LogP contribution < -0.4 is 14.8 Å². The van der Waals surface area contributed by atoms with Gasteiger partial charge in [0.15, 0.2) is 0 Å². The van der Waals surface area contributed by atoms with Crippen LogP contribution in [0.5, 0.6) is 0 Å². The van der Waals surface area contributed by atoms with Crippen molar-refractivity contribution >= 4 is 29.7 Å². The fourth-order valence-electron chi connectivity index (χ4n) is 1.23. The number of aromatic nitrogens is 1. The minimum atomic E-state index is 0.206. The summed E-state index contributed by atoms with van der Waals surface area (Å²) < 4.78 is 2.32. The molecule has 2 rings (SSSR count). The van der Waals surface area contributed by atoms with Crippen LogP contribution in [0.25, 0.3) is 0 Å². The first-order chi connectivity index (χ1) is 7.25. The molecule has 0 unspecified atom stereocenters. The third-order valence-electron chi connectivity index (χ3n) is 1.99. The van der Waals surface area contributed by atoms with E-state index in [4.69, 9.17) is 5.73 Å². The molecule has 2 aromatic rings. The molecular formula is C12H12N2Se. The molecular weight excluding hydrogens is 251 g/mol. The van der Waals surface area contributed by atoms with Gasteiger partial charge in [0.1, 0.15) is 0 Å². The van der Waals surface area contributed by atoms with Gasteiger partial charge in [-0.05, 0) is 0 Å². The summed E-state index contributed by atoms with van der Waals surface area (Å²) in [6.45, 7) is 1.99. The maximum absolute atomic E-state index is 5.89. The van der Waals surface area contributed by atoms with Crippen molar-refractivity contribution < 1.29 is 0 Å². The van der Waals surface area contributed by atoms with Crippen LogP contribution in [0.1, 0.15) is 5.69 Å². The van der Waals surface area contributed by atoms with Crippen molar-refractivity contribution in [3.05, 3.63) is 48.2 Å². The normalized spacial score (nSPS) is 10.2. The Labute approximate surface area is 95.7 Å². The Morgan fingerprint density at radius 2 is 1.80 bits per heavy atom. The number of pyridine rings is 1. The van der Waals surface area contributed by atoms with E-state index in [2.05, 4.69) is 17.1 Å². The van der Waals surface area contributed by atoms with Crippen LogP contribution in [0, 0.1) is 6.92 Å². The zero-order valence-electron chi connectivity index (χ0n) is 8.47. The van der Waals surface area contributed by atoms with E-state index in [0.29, 0.717) is 0 Å². The summed E-state index contributed by atoms with van der Waals surface area (Å²) in [6, 6.07) is 14.2. The molecule has 0 fully saturated rings. The van der Waals surface area contributed by atoms with E-state index in [1.54, 1.807) is 0 Å². The number of nitrogens with two attached hydrogens (primary N) is 1. The molecule has 0 atom stereocenters. The van der Waals surface area contributed by atoms with Gasteiger partial charge in [0.25, 0.3) is 0 Å². The topological polar surface area (TPSA) is 38.9 Å². The molecule has 0 aliphatic carbocycles. The zero-order chi connectivity index (χ0) is 10.7. The van der Waals surface area contributed by atoms with Gasteiger partial charge in [-0.1, -0.05) is 0 Å². The van der Waals surface area contributed by atoms with Crippen LogP contribution in [0.3, 0.4) is 0 Å². The quantitative estimate of drug-likeness (QED) is 0.807. The molecule has 0 saturated heterocycles. The van der Waals surface area contributed by atoms with Crippen LogP contribution in [-0.2, 0) is 0 Å². The van der Waals surface area contributed by atoms with E-state index < -0.39 is 0 Å². The first-order valence-electron chi connectivity index (χ1n) is 4.72. The van der Waals surface area contributed by atoms with Crippen LogP contribution in [-0.4, -0.2) is 19.9 Å². The van der Waals surface area contributed by atoms with E-state index in [1.807, 2.05) is 37.3 Å². The fraction of sp³-hybridized carbons (Fsp3) is 0.0833. The van der Waals surface area contributed by atoms with Gasteiger partial charge < -0.3 is 0 Å². The van der Waals surface area contributed by atoms with Crippen molar-refractivity contribution in [1.82, 2.24) is 4.98 Å². The second-order valence-electron chi connectivity index (χ2n) is 3.26. The summed E-state index contributed by atoms with van der Waals surface area (Å²) in [7, 11) is 0. The maximum atomic E-state index is 5.89. The number of benzene rings is 1. The number of hydrogen-bond acceptors (Lipinski definition) is 2. The molecule has 0 spiro atoms. The summed E-state index contributed by atoms with van der Waals surface area (Å²) in [5, 5.41) is 0. The molecule has 1 aromatic carbocycles. The summed E-state index contributed by atoms with van der Waals surface area (Å²) in [4.78, 5) is 4.47. The summed E-state index contributed by atoms with van der Waals surface area (Å²) in [5.41, 5.74) is 7.71. The summed E-state index contributed by atoms with van der Waals surface area (Å²) >= 11 is 0.206. The zero-order valence-corrected chi connectivity index (χ0v) is 10.2. The average molecular weight is 263 g/mol. The van der Waals surface area contributed by atoms with Gasteiger partial charge in [-0.25, -0.2) is 0 Å².